The van der Waals surface area contributed by atoms with Crippen LogP contribution in [0.5, 0.6) is 0 Å². The zero-order valence-electron chi connectivity index (χ0n) is 9.10. The summed E-state index contributed by atoms with van der Waals surface area (Å²) in [6.45, 7) is 1.89. The molecular weight excluding hydrogens is 310 g/mol. The number of sulfonamides is 1. The fourth-order valence-corrected chi connectivity index (χ4v) is 2.66. The highest BCUT2D eigenvalue weighted by Crippen LogP contribution is 2.22. The lowest BCUT2D eigenvalue weighted by Gasteiger charge is -2.10. The molecule has 17 heavy (non-hydrogen) atoms. The fraction of sp³-hybridized carbons (Fsp3) is 0.300. The van der Waals surface area contributed by atoms with E-state index in [0.717, 1.165) is 10.0 Å². The van der Waals surface area contributed by atoms with Crippen molar-refractivity contribution in [2.75, 3.05) is 10.5 Å². The first kappa shape index (κ1) is 14.0. The van der Waals surface area contributed by atoms with Crippen LogP contribution in [0.25, 0.3) is 0 Å². The van der Waals surface area contributed by atoms with Gasteiger partial charge >= 0.3 is 5.97 Å². The van der Waals surface area contributed by atoms with Gasteiger partial charge in [0.25, 0.3) is 0 Å². The van der Waals surface area contributed by atoms with Gasteiger partial charge < -0.3 is 5.11 Å². The highest BCUT2D eigenvalue weighted by atomic mass is 79.9. The lowest BCUT2D eigenvalue weighted by Crippen LogP contribution is -2.22. The van der Waals surface area contributed by atoms with E-state index in [1.54, 1.807) is 18.2 Å². The minimum absolute atomic E-state index is 0.414. The molecule has 0 unspecified atom stereocenters. The van der Waals surface area contributed by atoms with Gasteiger partial charge in [-0.1, -0.05) is 22.9 Å². The Labute approximate surface area is 108 Å². The number of rotatable bonds is 5. The molecule has 0 spiro atoms. The Kier molecular flexibility index (Phi) is 4.53. The maximum atomic E-state index is 11.5. The summed E-state index contributed by atoms with van der Waals surface area (Å²) in [7, 11) is -3.84. The zero-order valence-corrected chi connectivity index (χ0v) is 11.5. The molecule has 2 N–H and O–H groups in total. The lowest BCUT2D eigenvalue weighted by atomic mass is 10.1. The molecule has 0 saturated heterocycles. The van der Waals surface area contributed by atoms with E-state index in [9.17, 15) is 13.2 Å². The van der Waals surface area contributed by atoms with Crippen LogP contribution < -0.4 is 4.72 Å². The first-order chi connectivity index (χ1) is 7.84. The summed E-state index contributed by atoms with van der Waals surface area (Å²) in [4.78, 5) is 10.4. The molecule has 0 saturated carbocycles. The van der Waals surface area contributed by atoms with Crippen molar-refractivity contribution >= 4 is 37.6 Å². The van der Waals surface area contributed by atoms with Crippen LogP contribution >= 0.6 is 15.9 Å². The summed E-state index contributed by atoms with van der Waals surface area (Å²) in [6, 6.07) is 5.08. The summed E-state index contributed by atoms with van der Waals surface area (Å²) in [6.07, 6.45) is 0.643. The van der Waals surface area contributed by atoms with E-state index < -0.39 is 21.7 Å². The second kappa shape index (κ2) is 5.50. The van der Waals surface area contributed by atoms with Crippen LogP contribution in [0.1, 0.15) is 12.5 Å². The number of carboxylic acid groups (broad SMARTS) is 1. The van der Waals surface area contributed by atoms with Crippen LogP contribution in [0.4, 0.5) is 5.69 Å². The number of aliphatic carboxylic acids is 1. The number of carboxylic acids is 1. The molecule has 0 aliphatic carbocycles. The van der Waals surface area contributed by atoms with Gasteiger partial charge in [-0.25, -0.2) is 8.42 Å². The summed E-state index contributed by atoms with van der Waals surface area (Å²) < 4.78 is 26.0. The molecule has 0 atom stereocenters. The van der Waals surface area contributed by atoms with Crippen LogP contribution in [-0.4, -0.2) is 25.2 Å². The molecule has 0 aliphatic rings. The number of nitrogens with one attached hydrogen (secondary N) is 1. The third-order valence-electron chi connectivity index (χ3n) is 2.03. The SMILES string of the molecule is CCc1cc(Br)ccc1NS(=O)(=O)CC(=O)O. The molecule has 0 aromatic heterocycles. The van der Waals surface area contributed by atoms with Gasteiger partial charge in [-0.2, -0.15) is 0 Å². The summed E-state index contributed by atoms with van der Waals surface area (Å²) in [5.74, 6) is -2.32. The van der Waals surface area contributed by atoms with E-state index in [1.807, 2.05) is 6.92 Å². The van der Waals surface area contributed by atoms with E-state index in [2.05, 4.69) is 20.7 Å². The average molecular weight is 322 g/mol. The quantitative estimate of drug-likeness (QED) is 0.866. The molecule has 0 amide bonds. The van der Waals surface area contributed by atoms with Crippen molar-refractivity contribution in [1.29, 1.82) is 0 Å². The predicted octanol–water partition coefficient (Wildman–Crippen LogP) is 1.84. The van der Waals surface area contributed by atoms with E-state index in [-0.39, 0.29) is 0 Å². The number of carbonyl (C=O) groups is 1. The van der Waals surface area contributed by atoms with Gasteiger partial charge in [0, 0.05) is 4.47 Å². The molecule has 0 bridgehead atoms. The Morgan fingerprint density at radius 1 is 1.47 bits per heavy atom. The van der Waals surface area contributed by atoms with Crippen LogP contribution in [-0.2, 0) is 21.2 Å². The van der Waals surface area contributed by atoms with E-state index in [4.69, 9.17) is 5.11 Å². The minimum atomic E-state index is -3.84. The maximum Gasteiger partial charge on any atom is 0.320 e. The van der Waals surface area contributed by atoms with Crippen molar-refractivity contribution in [3.8, 4) is 0 Å². The van der Waals surface area contributed by atoms with Crippen molar-refractivity contribution in [3.63, 3.8) is 0 Å². The molecule has 7 heteroatoms. The largest absolute Gasteiger partial charge is 0.480 e. The Balaban J connectivity index is 2.99. The number of hydrogen-bond donors (Lipinski definition) is 2. The summed E-state index contributed by atoms with van der Waals surface area (Å²) in [5.41, 5.74) is 1.21. The van der Waals surface area contributed by atoms with Gasteiger partial charge in [-0.05, 0) is 30.2 Å². The van der Waals surface area contributed by atoms with Gasteiger partial charge in [0.15, 0.2) is 5.75 Å². The van der Waals surface area contributed by atoms with E-state index in [0.29, 0.717) is 12.1 Å². The normalized spacial score (nSPS) is 11.2. The van der Waals surface area contributed by atoms with Crippen molar-refractivity contribution in [3.05, 3.63) is 28.2 Å². The molecule has 1 aromatic rings. The molecule has 0 fully saturated rings. The number of anilines is 1. The number of benzene rings is 1. The van der Waals surface area contributed by atoms with Gasteiger partial charge in [0.2, 0.25) is 10.0 Å². The second-order valence-corrected chi connectivity index (χ2v) is 6.05. The number of halogens is 1. The Hall–Kier alpha value is -1.08. The molecule has 5 nitrogen and oxygen atoms in total. The zero-order chi connectivity index (χ0) is 13.1. The summed E-state index contributed by atoms with van der Waals surface area (Å²) in [5, 5.41) is 8.47. The molecule has 0 aliphatic heterocycles. The highest BCUT2D eigenvalue weighted by Gasteiger charge is 2.16. The van der Waals surface area contributed by atoms with E-state index in [1.165, 1.54) is 0 Å². The standard InChI is InChI=1S/C10H12BrNO4S/c1-2-7-5-8(11)3-4-9(7)12-17(15,16)6-10(13)14/h3-5,12H,2,6H2,1H3,(H,13,14). The van der Waals surface area contributed by atoms with Crippen LogP contribution in [0.3, 0.4) is 0 Å². The van der Waals surface area contributed by atoms with Crippen molar-refractivity contribution in [2.45, 2.75) is 13.3 Å². The Bertz CT molecular complexity index is 527. The highest BCUT2D eigenvalue weighted by molar-refractivity contribution is 9.10. The van der Waals surface area contributed by atoms with Crippen LogP contribution in [0.2, 0.25) is 0 Å². The number of aryl methyl sites for hydroxylation is 1. The van der Waals surface area contributed by atoms with Gasteiger partial charge in [0.1, 0.15) is 0 Å². The minimum Gasteiger partial charge on any atom is -0.480 e. The third-order valence-corrected chi connectivity index (χ3v) is 3.68. The Morgan fingerprint density at radius 3 is 2.65 bits per heavy atom. The van der Waals surface area contributed by atoms with Gasteiger partial charge in [0.05, 0.1) is 5.69 Å². The monoisotopic (exact) mass is 321 g/mol. The van der Waals surface area contributed by atoms with Crippen LogP contribution in [0.15, 0.2) is 22.7 Å². The van der Waals surface area contributed by atoms with Crippen molar-refractivity contribution in [1.82, 2.24) is 0 Å². The maximum absolute atomic E-state index is 11.5. The second-order valence-electron chi connectivity index (χ2n) is 3.41. The molecule has 1 rings (SSSR count). The lowest BCUT2D eigenvalue weighted by molar-refractivity contribution is -0.134. The molecular formula is C10H12BrNO4S. The topological polar surface area (TPSA) is 83.5 Å². The van der Waals surface area contributed by atoms with Gasteiger partial charge in [-0.3, -0.25) is 9.52 Å². The van der Waals surface area contributed by atoms with E-state index >= 15 is 0 Å². The average Bonchev–Trinajstić information content (AvgIpc) is 2.18. The molecule has 94 valence electrons. The van der Waals surface area contributed by atoms with Gasteiger partial charge in [-0.15, -0.1) is 0 Å². The third kappa shape index (κ3) is 4.35. The first-order valence-corrected chi connectivity index (χ1v) is 7.29. The van der Waals surface area contributed by atoms with Crippen molar-refractivity contribution < 1.29 is 18.3 Å². The smallest absolute Gasteiger partial charge is 0.320 e. The predicted molar refractivity (Wildman–Crippen MR) is 68.6 cm³/mol. The fourth-order valence-electron chi connectivity index (χ4n) is 1.32. The van der Waals surface area contributed by atoms with Crippen LogP contribution in [0, 0.1) is 0 Å². The Morgan fingerprint density at radius 2 is 2.12 bits per heavy atom. The molecule has 0 heterocycles. The first-order valence-electron chi connectivity index (χ1n) is 4.85. The number of hydrogen-bond acceptors (Lipinski definition) is 3. The molecule has 1 aromatic carbocycles. The summed E-state index contributed by atoms with van der Waals surface area (Å²) >= 11 is 3.29. The molecule has 0 radical (unpaired) electrons. The van der Waals surface area contributed by atoms with Crippen molar-refractivity contribution in [2.24, 2.45) is 0 Å².